The Morgan fingerprint density at radius 2 is 1.70 bits per heavy atom. The number of nitrogens with one attached hydrogen (secondary N) is 1. The van der Waals surface area contributed by atoms with Gasteiger partial charge in [-0.15, -0.1) is 15.3 Å². The molecule has 0 aliphatic rings. The minimum absolute atomic E-state index is 0.0895. The van der Waals surface area contributed by atoms with Crippen LogP contribution in [-0.4, -0.2) is 45.5 Å². The average Bonchev–Trinajstić information content (AvgIpc) is 3.24. The van der Waals surface area contributed by atoms with Crippen molar-refractivity contribution in [2.24, 2.45) is 0 Å². The van der Waals surface area contributed by atoms with E-state index >= 15 is 0 Å². The molecule has 0 saturated heterocycles. The first kappa shape index (κ1) is 22.1. The largest absolute Gasteiger partial charge is 0.483 e. The number of halogens is 3. The van der Waals surface area contributed by atoms with E-state index in [0.29, 0.717) is 17.4 Å². The number of alkyl halides is 3. The molecule has 1 amide bonds. The Labute approximate surface area is 186 Å². The van der Waals surface area contributed by atoms with E-state index in [4.69, 9.17) is 9.47 Å². The molecule has 0 aliphatic carbocycles. The number of benzene rings is 2. The van der Waals surface area contributed by atoms with Crippen molar-refractivity contribution in [3.05, 3.63) is 72.3 Å². The highest BCUT2D eigenvalue weighted by Crippen LogP contribution is 2.35. The van der Waals surface area contributed by atoms with Crippen LogP contribution in [0.15, 0.2) is 66.7 Å². The van der Waals surface area contributed by atoms with E-state index in [-0.39, 0.29) is 13.2 Å². The maximum Gasteiger partial charge on any atom is 0.419 e. The number of carbonyl (C=O) groups excluding carboxylic acids is 1. The molecule has 0 radical (unpaired) electrons. The Kier molecular flexibility index (Phi) is 6.38. The summed E-state index contributed by atoms with van der Waals surface area (Å²) in [5, 5.41) is 15.1. The van der Waals surface area contributed by atoms with Gasteiger partial charge in [-0.1, -0.05) is 42.5 Å². The molecule has 0 bridgehead atoms. The van der Waals surface area contributed by atoms with Gasteiger partial charge in [-0.25, -0.2) is 0 Å². The topological polar surface area (TPSA) is 90.6 Å². The van der Waals surface area contributed by atoms with E-state index in [1.54, 1.807) is 16.6 Å². The Balaban J connectivity index is 1.28. The lowest BCUT2D eigenvalue weighted by Gasteiger charge is -2.13. The highest BCUT2D eigenvalue weighted by Gasteiger charge is 2.34. The van der Waals surface area contributed by atoms with Gasteiger partial charge in [0.1, 0.15) is 12.4 Å². The Bertz CT molecular complexity index is 1240. The fourth-order valence-electron chi connectivity index (χ4n) is 2.98. The molecule has 2 aromatic carbocycles. The van der Waals surface area contributed by atoms with E-state index in [9.17, 15) is 18.0 Å². The molecule has 33 heavy (non-hydrogen) atoms. The third-order valence-electron chi connectivity index (χ3n) is 4.50. The normalized spacial score (nSPS) is 11.4. The van der Waals surface area contributed by atoms with Crippen molar-refractivity contribution >= 4 is 11.6 Å². The molecule has 4 rings (SSSR count). The summed E-state index contributed by atoms with van der Waals surface area (Å²) in [7, 11) is 0. The SMILES string of the molecule is O=C(COc1ccccc1C(F)(F)F)NCCOc1ccc2nnc(-c3ccccc3)n2n1. The van der Waals surface area contributed by atoms with E-state index in [1.807, 2.05) is 30.3 Å². The van der Waals surface area contributed by atoms with Gasteiger partial charge in [0.25, 0.3) is 5.91 Å². The molecule has 0 unspecified atom stereocenters. The second-order valence-electron chi connectivity index (χ2n) is 6.81. The maximum absolute atomic E-state index is 13.0. The van der Waals surface area contributed by atoms with Crippen molar-refractivity contribution < 1.29 is 27.4 Å². The van der Waals surface area contributed by atoms with Gasteiger partial charge in [0, 0.05) is 11.6 Å². The second kappa shape index (κ2) is 9.55. The van der Waals surface area contributed by atoms with Crippen LogP contribution < -0.4 is 14.8 Å². The van der Waals surface area contributed by atoms with Crippen LogP contribution in [0.25, 0.3) is 17.0 Å². The number of ether oxygens (including phenoxy) is 2. The monoisotopic (exact) mass is 457 g/mol. The summed E-state index contributed by atoms with van der Waals surface area (Å²) in [5.74, 6) is -0.133. The number of fused-ring (bicyclic) bond motifs is 1. The van der Waals surface area contributed by atoms with Crippen LogP contribution in [0, 0.1) is 0 Å². The van der Waals surface area contributed by atoms with Crippen LogP contribution in [0.3, 0.4) is 0 Å². The fraction of sp³-hybridized carbons (Fsp3) is 0.182. The number of hydrogen-bond acceptors (Lipinski definition) is 6. The predicted molar refractivity (Wildman–Crippen MR) is 112 cm³/mol. The quantitative estimate of drug-likeness (QED) is 0.408. The lowest BCUT2D eigenvalue weighted by atomic mass is 10.2. The van der Waals surface area contributed by atoms with Gasteiger partial charge < -0.3 is 14.8 Å². The maximum atomic E-state index is 13.0. The minimum atomic E-state index is -4.57. The van der Waals surface area contributed by atoms with Crippen LogP contribution in [0.2, 0.25) is 0 Å². The van der Waals surface area contributed by atoms with Gasteiger partial charge in [0.05, 0.1) is 12.1 Å². The molecule has 1 N–H and O–H groups in total. The summed E-state index contributed by atoms with van der Waals surface area (Å²) in [6.45, 7) is -0.360. The first-order chi connectivity index (χ1) is 15.9. The molecule has 11 heteroatoms. The van der Waals surface area contributed by atoms with Crippen LogP contribution in [-0.2, 0) is 11.0 Å². The van der Waals surface area contributed by atoms with Crippen molar-refractivity contribution in [2.45, 2.75) is 6.18 Å². The summed E-state index contributed by atoms with van der Waals surface area (Å²) in [4.78, 5) is 11.9. The number of amides is 1. The number of rotatable bonds is 8. The second-order valence-corrected chi connectivity index (χ2v) is 6.81. The van der Waals surface area contributed by atoms with Gasteiger partial charge in [-0.3, -0.25) is 4.79 Å². The lowest BCUT2D eigenvalue weighted by Crippen LogP contribution is -2.32. The van der Waals surface area contributed by atoms with Crippen LogP contribution in [0.5, 0.6) is 11.6 Å². The highest BCUT2D eigenvalue weighted by molar-refractivity contribution is 5.77. The number of hydrogen-bond donors (Lipinski definition) is 1. The van der Waals surface area contributed by atoms with Gasteiger partial charge in [0.2, 0.25) is 5.88 Å². The van der Waals surface area contributed by atoms with Crippen LogP contribution in [0.4, 0.5) is 13.2 Å². The molecule has 2 heterocycles. The minimum Gasteiger partial charge on any atom is -0.483 e. The third-order valence-corrected chi connectivity index (χ3v) is 4.50. The van der Waals surface area contributed by atoms with Crippen molar-refractivity contribution in [2.75, 3.05) is 19.8 Å². The smallest absolute Gasteiger partial charge is 0.419 e. The highest BCUT2D eigenvalue weighted by atomic mass is 19.4. The zero-order chi connectivity index (χ0) is 23.3. The zero-order valence-corrected chi connectivity index (χ0v) is 17.1. The van der Waals surface area contributed by atoms with Gasteiger partial charge in [-0.05, 0) is 18.2 Å². The molecule has 0 saturated carbocycles. The van der Waals surface area contributed by atoms with Crippen molar-refractivity contribution in [3.63, 3.8) is 0 Å². The van der Waals surface area contributed by atoms with E-state index < -0.39 is 30.0 Å². The first-order valence-electron chi connectivity index (χ1n) is 9.88. The summed E-state index contributed by atoms with van der Waals surface area (Å²) in [6, 6.07) is 17.5. The van der Waals surface area contributed by atoms with Crippen LogP contribution >= 0.6 is 0 Å². The Morgan fingerprint density at radius 3 is 2.48 bits per heavy atom. The summed E-state index contributed by atoms with van der Waals surface area (Å²) in [6.07, 6.45) is -4.57. The summed E-state index contributed by atoms with van der Waals surface area (Å²) in [5.41, 5.74) is 0.450. The van der Waals surface area contributed by atoms with Gasteiger partial charge in [-0.2, -0.15) is 17.7 Å². The molecular weight excluding hydrogens is 439 g/mol. The van der Waals surface area contributed by atoms with Crippen LogP contribution in [0.1, 0.15) is 5.56 Å². The number of para-hydroxylation sites is 1. The molecule has 4 aromatic rings. The number of aromatic nitrogens is 4. The average molecular weight is 457 g/mol. The lowest BCUT2D eigenvalue weighted by molar-refractivity contribution is -0.139. The molecule has 0 atom stereocenters. The first-order valence-corrected chi connectivity index (χ1v) is 9.88. The van der Waals surface area contributed by atoms with Crippen molar-refractivity contribution in [1.82, 2.24) is 25.1 Å². The van der Waals surface area contributed by atoms with E-state index in [0.717, 1.165) is 17.7 Å². The van der Waals surface area contributed by atoms with E-state index in [1.165, 1.54) is 12.1 Å². The molecule has 0 aliphatic heterocycles. The Morgan fingerprint density at radius 1 is 0.939 bits per heavy atom. The number of nitrogens with zero attached hydrogens (tertiary/aromatic N) is 4. The van der Waals surface area contributed by atoms with Gasteiger partial charge in [0.15, 0.2) is 18.1 Å². The third kappa shape index (κ3) is 5.37. The van der Waals surface area contributed by atoms with E-state index in [2.05, 4.69) is 20.6 Å². The molecule has 8 nitrogen and oxygen atoms in total. The fourth-order valence-corrected chi connectivity index (χ4v) is 2.98. The Hall–Kier alpha value is -4.15. The number of carbonyl (C=O) groups is 1. The van der Waals surface area contributed by atoms with Crippen molar-refractivity contribution in [3.8, 4) is 23.0 Å². The summed E-state index contributed by atoms with van der Waals surface area (Å²) < 4.78 is 51.0. The zero-order valence-electron chi connectivity index (χ0n) is 17.1. The predicted octanol–water partition coefficient (Wildman–Crippen LogP) is 3.38. The molecular formula is C22H18F3N5O3. The van der Waals surface area contributed by atoms with Crippen molar-refractivity contribution in [1.29, 1.82) is 0 Å². The molecule has 2 aromatic heterocycles. The molecule has 170 valence electrons. The molecule has 0 spiro atoms. The summed E-state index contributed by atoms with van der Waals surface area (Å²) >= 11 is 0. The van der Waals surface area contributed by atoms with Gasteiger partial charge >= 0.3 is 6.18 Å². The standard InChI is InChI=1S/C22H18F3N5O3/c23-22(24,25)16-8-4-5-9-17(16)33-14-19(31)26-12-13-32-20-11-10-18-27-28-21(30(18)29-20)15-6-2-1-3-7-15/h1-11H,12-14H2,(H,26,31). The molecule has 0 fully saturated rings.